The molecular formula is CH3I3Rh-. The number of rotatable bonds is 0. The average Bonchev–Trinajstić information content (AvgIpc) is 0.811. The van der Waals surface area contributed by atoms with Gasteiger partial charge in [-0.1, -0.05) is 0 Å². The third kappa shape index (κ3) is 19.9. The van der Waals surface area contributed by atoms with E-state index in [9.17, 15) is 0 Å². The molecule has 0 N–H and O–H groups in total. The van der Waals surface area contributed by atoms with E-state index in [0.29, 0.717) is 0 Å². The van der Waals surface area contributed by atoms with Gasteiger partial charge in [0.2, 0.25) is 0 Å². The second-order valence-corrected chi connectivity index (χ2v) is 38.0. The molecule has 0 spiro atoms. The summed E-state index contributed by atoms with van der Waals surface area (Å²) in [5.74, 6) is 0. The Bertz CT molecular complexity index is 11.6. The van der Waals surface area contributed by atoms with Crippen LogP contribution in [0.4, 0.5) is 0 Å². The van der Waals surface area contributed by atoms with E-state index in [-0.39, 0.29) is 12.8 Å². The van der Waals surface area contributed by atoms with Crippen LogP contribution < -0.4 is 0 Å². The molecule has 0 aliphatic rings. The molecule has 0 aliphatic heterocycles. The summed E-state index contributed by atoms with van der Waals surface area (Å²) >= 11 is 7.34. The Morgan fingerprint density at radius 3 is 1.00 bits per heavy atom. The summed E-state index contributed by atoms with van der Waals surface area (Å²) in [4.78, 5) is 0. The number of hydrogen-bond donors (Lipinski definition) is 0. The van der Waals surface area contributed by atoms with Crippen molar-refractivity contribution in [1.82, 2.24) is 0 Å². The summed E-state index contributed by atoms with van der Waals surface area (Å²) in [5.41, 5.74) is 0. The minimum absolute atomic E-state index is 0. The van der Waals surface area contributed by atoms with Crippen molar-refractivity contribution in [3.05, 3.63) is 7.43 Å². The Balaban J connectivity index is 0. The van der Waals surface area contributed by atoms with Gasteiger partial charge in [0.1, 0.15) is 0 Å². The van der Waals surface area contributed by atoms with Crippen molar-refractivity contribution in [2.24, 2.45) is 0 Å². The fourth-order valence-corrected chi connectivity index (χ4v) is 0. The van der Waals surface area contributed by atoms with Gasteiger partial charge in [-0.2, -0.15) is 0 Å². The van der Waals surface area contributed by atoms with Crippen LogP contribution in [0.1, 0.15) is 0 Å². The summed E-state index contributed by atoms with van der Waals surface area (Å²) in [6, 6.07) is 0. The van der Waals surface area contributed by atoms with Gasteiger partial charge in [-0.05, 0) is 0 Å². The van der Waals surface area contributed by atoms with Crippen LogP contribution in [-0.2, 0) is 5.41 Å². The van der Waals surface area contributed by atoms with Gasteiger partial charge in [-0.3, -0.25) is 0 Å². The Kier molecular flexibility index (Phi) is 14.6. The third-order valence-electron chi connectivity index (χ3n) is 0. The van der Waals surface area contributed by atoms with Crippen molar-refractivity contribution < 1.29 is 5.41 Å². The van der Waals surface area contributed by atoms with Gasteiger partial charge >= 0.3 is 64.7 Å². The van der Waals surface area contributed by atoms with Crippen LogP contribution in [0, 0.1) is 7.43 Å². The van der Waals surface area contributed by atoms with Gasteiger partial charge in [-0.25, -0.2) is 0 Å². The molecule has 0 aromatic rings. The van der Waals surface area contributed by atoms with Gasteiger partial charge in [-0.15, -0.1) is 0 Å². The Morgan fingerprint density at radius 1 is 1.00 bits per heavy atom. The minimum atomic E-state index is -0.167. The maximum atomic E-state index is 2.45. The standard InChI is InChI=1S/CH3.3HI.Rh/h1H3;3*1H;/q-1;;;;+3/p-3. The summed E-state index contributed by atoms with van der Waals surface area (Å²) < 4.78 is 0. The topological polar surface area (TPSA) is 0 Å². The van der Waals surface area contributed by atoms with Gasteiger partial charge in [0.05, 0.1) is 0 Å². The van der Waals surface area contributed by atoms with Crippen LogP contribution in [0.2, 0.25) is 0 Å². The molecule has 0 bridgehead atoms. The fraction of sp³-hybridized carbons (Fsp3) is 0. The molecule has 38 valence electrons. The zero-order valence-electron chi connectivity index (χ0n) is 2.47. The first kappa shape index (κ1) is 10.7. The molecule has 0 unspecified atom stereocenters. The molecule has 0 atom stereocenters. The SMILES string of the molecule is [CH3-].[I][Rh]([I])[I]. The maximum absolute atomic E-state index is 2.45. The van der Waals surface area contributed by atoms with Gasteiger partial charge in [0.25, 0.3) is 0 Å². The molecule has 0 saturated carbocycles. The molecule has 0 radical (unpaired) electrons. The van der Waals surface area contributed by atoms with E-state index >= 15 is 0 Å². The van der Waals surface area contributed by atoms with E-state index < -0.39 is 0 Å². The Hall–Kier alpha value is 2.81. The predicted octanol–water partition coefficient (Wildman–Crippen LogP) is 3.10. The molecule has 0 aliphatic carbocycles. The van der Waals surface area contributed by atoms with Crippen LogP contribution in [0.3, 0.4) is 0 Å². The van der Waals surface area contributed by atoms with Crippen LogP contribution in [-0.4, -0.2) is 0 Å². The molecule has 0 nitrogen and oxygen atoms in total. The van der Waals surface area contributed by atoms with Crippen LogP contribution in [0.25, 0.3) is 0 Å². The van der Waals surface area contributed by atoms with Crippen molar-refractivity contribution in [3.63, 3.8) is 0 Å². The molecule has 4 heteroatoms. The first-order valence-electron chi connectivity index (χ1n) is 0.378. The quantitative estimate of drug-likeness (QED) is 0.274. The first-order chi connectivity index (χ1) is 1.73. The number of hydrogen-bond acceptors (Lipinski definition) is 0. The molecule has 5 heavy (non-hydrogen) atoms. The first-order valence-corrected chi connectivity index (χ1v) is 15.0. The third-order valence-corrected chi connectivity index (χ3v) is 0. The summed E-state index contributed by atoms with van der Waals surface area (Å²) in [6.45, 7) is 0. The van der Waals surface area contributed by atoms with E-state index in [1.54, 1.807) is 0 Å². The van der Waals surface area contributed by atoms with Crippen LogP contribution in [0.15, 0.2) is 0 Å². The fourth-order valence-electron chi connectivity index (χ4n) is 0. The average molecular weight is 499 g/mol. The van der Waals surface area contributed by atoms with Gasteiger partial charge in [0, 0.05) is 0 Å². The Morgan fingerprint density at radius 2 is 1.00 bits per heavy atom. The summed E-state index contributed by atoms with van der Waals surface area (Å²) in [6.07, 6.45) is 0. The van der Waals surface area contributed by atoms with Crippen LogP contribution >= 0.6 is 59.3 Å². The number of halogens is 3. The van der Waals surface area contributed by atoms with E-state index in [0.717, 1.165) is 0 Å². The monoisotopic (exact) mass is 499 g/mol. The molecule has 0 rings (SSSR count). The van der Waals surface area contributed by atoms with Gasteiger partial charge in [0.15, 0.2) is 0 Å². The van der Waals surface area contributed by atoms with Crippen molar-refractivity contribution in [2.45, 2.75) is 0 Å². The normalized spacial score (nSPS) is 9.00. The van der Waals surface area contributed by atoms with E-state index in [1.807, 2.05) is 0 Å². The van der Waals surface area contributed by atoms with Crippen molar-refractivity contribution >= 4 is 59.3 Å². The van der Waals surface area contributed by atoms with E-state index in [4.69, 9.17) is 0 Å². The molecular weight excluding hydrogens is 496 g/mol. The van der Waals surface area contributed by atoms with Crippen molar-refractivity contribution in [3.8, 4) is 0 Å². The molecule has 0 aromatic heterocycles. The molecule has 0 amide bonds. The molecule has 0 saturated heterocycles. The second kappa shape index (κ2) is 6.81. The molecule has 0 aromatic carbocycles. The summed E-state index contributed by atoms with van der Waals surface area (Å²) in [7, 11) is 0. The van der Waals surface area contributed by atoms with E-state index in [2.05, 4.69) is 59.3 Å². The Labute approximate surface area is 70.3 Å². The summed E-state index contributed by atoms with van der Waals surface area (Å²) in [5, 5.41) is -0.167. The zero-order valence-corrected chi connectivity index (χ0v) is 10.6. The predicted molar refractivity (Wildman–Crippen MR) is 48.5 cm³/mol. The van der Waals surface area contributed by atoms with Crippen molar-refractivity contribution in [2.75, 3.05) is 0 Å². The zero-order chi connectivity index (χ0) is 3.58. The molecule has 0 heterocycles. The molecule has 0 fully saturated rings. The van der Waals surface area contributed by atoms with E-state index in [1.165, 1.54) is 0 Å². The van der Waals surface area contributed by atoms with Crippen LogP contribution in [0.5, 0.6) is 0 Å². The second-order valence-electron chi connectivity index (χ2n) is 0.143. The van der Waals surface area contributed by atoms with Gasteiger partial charge < -0.3 is 7.43 Å². The van der Waals surface area contributed by atoms with Crippen molar-refractivity contribution in [1.29, 1.82) is 0 Å².